The molecule has 1 aromatic heterocycles. The minimum atomic E-state index is -3.41. The van der Waals surface area contributed by atoms with Gasteiger partial charge in [-0.25, -0.2) is 8.42 Å². The summed E-state index contributed by atoms with van der Waals surface area (Å²) in [5.74, 6) is -0.651. The SMILES string of the molecule is CCS(=O)(=O)c1ccc(-c2cccc(NC(=O)C(c3ccccc3)c3ccccc3)c2)nn1. The van der Waals surface area contributed by atoms with Crippen LogP contribution in [-0.4, -0.2) is 30.3 Å². The molecule has 7 heteroatoms. The van der Waals surface area contributed by atoms with Crippen molar-refractivity contribution in [3.05, 3.63) is 108 Å². The zero-order valence-electron chi connectivity index (χ0n) is 18.0. The molecule has 6 nitrogen and oxygen atoms in total. The van der Waals surface area contributed by atoms with E-state index in [0.29, 0.717) is 11.4 Å². The van der Waals surface area contributed by atoms with Crippen molar-refractivity contribution in [2.24, 2.45) is 0 Å². The van der Waals surface area contributed by atoms with Crippen LogP contribution in [0.2, 0.25) is 0 Å². The second kappa shape index (κ2) is 9.75. The van der Waals surface area contributed by atoms with E-state index in [2.05, 4.69) is 15.5 Å². The molecule has 4 rings (SSSR count). The van der Waals surface area contributed by atoms with E-state index in [1.807, 2.05) is 72.8 Å². The first-order valence-corrected chi connectivity index (χ1v) is 12.2. The van der Waals surface area contributed by atoms with Gasteiger partial charge in [-0.3, -0.25) is 4.79 Å². The van der Waals surface area contributed by atoms with Crippen LogP contribution in [0.25, 0.3) is 11.3 Å². The maximum absolute atomic E-state index is 13.3. The molecule has 1 heterocycles. The summed E-state index contributed by atoms with van der Waals surface area (Å²) in [6, 6.07) is 29.6. The minimum Gasteiger partial charge on any atom is -0.325 e. The quantitative estimate of drug-likeness (QED) is 0.434. The molecular weight excluding hydrogens is 434 g/mol. The summed E-state index contributed by atoms with van der Waals surface area (Å²) in [6.07, 6.45) is 0. The summed E-state index contributed by atoms with van der Waals surface area (Å²) in [6.45, 7) is 1.56. The molecule has 0 unspecified atom stereocenters. The number of carbonyl (C=O) groups is 1. The standard InChI is InChI=1S/C26H23N3O3S/c1-2-33(31,32)24-17-16-23(28-29-24)21-14-9-15-22(18-21)27-26(30)25(19-10-5-3-6-11-19)20-12-7-4-8-13-20/h3-18,25H,2H2,1H3,(H,27,30). The Morgan fingerprint density at radius 3 is 2.00 bits per heavy atom. The van der Waals surface area contributed by atoms with E-state index >= 15 is 0 Å². The summed E-state index contributed by atoms with van der Waals surface area (Å²) in [7, 11) is -3.41. The highest BCUT2D eigenvalue weighted by Crippen LogP contribution is 2.27. The van der Waals surface area contributed by atoms with Crippen molar-refractivity contribution in [2.45, 2.75) is 17.9 Å². The fourth-order valence-electron chi connectivity index (χ4n) is 3.54. The monoisotopic (exact) mass is 457 g/mol. The highest BCUT2D eigenvalue weighted by Gasteiger charge is 2.23. The number of nitrogens with one attached hydrogen (secondary N) is 1. The number of benzene rings is 3. The van der Waals surface area contributed by atoms with Crippen LogP contribution in [-0.2, 0) is 14.6 Å². The topological polar surface area (TPSA) is 89.0 Å². The summed E-state index contributed by atoms with van der Waals surface area (Å²) >= 11 is 0. The van der Waals surface area contributed by atoms with Crippen LogP contribution in [0, 0.1) is 0 Å². The van der Waals surface area contributed by atoms with Gasteiger partial charge in [0.2, 0.25) is 5.91 Å². The maximum Gasteiger partial charge on any atom is 0.236 e. The predicted octanol–water partition coefficient (Wildman–Crippen LogP) is 4.71. The van der Waals surface area contributed by atoms with E-state index < -0.39 is 15.8 Å². The van der Waals surface area contributed by atoms with Crippen molar-refractivity contribution in [2.75, 3.05) is 11.1 Å². The van der Waals surface area contributed by atoms with Gasteiger partial charge < -0.3 is 5.32 Å². The first-order valence-electron chi connectivity index (χ1n) is 10.6. The third-order valence-electron chi connectivity index (χ3n) is 5.29. The lowest BCUT2D eigenvalue weighted by Gasteiger charge is -2.18. The molecule has 0 aliphatic heterocycles. The molecule has 166 valence electrons. The lowest BCUT2D eigenvalue weighted by atomic mass is 9.90. The van der Waals surface area contributed by atoms with Crippen molar-refractivity contribution < 1.29 is 13.2 Å². The summed E-state index contributed by atoms with van der Waals surface area (Å²) in [5, 5.41) is 10.9. The van der Waals surface area contributed by atoms with E-state index in [4.69, 9.17) is 0 Å². The van der Waals surface area contributed by atoms with Gasteiger partial charge in [0.15, 0.2) is 14.9 Å². The molecule has 4 aromatic rings. The molecule has 0 atom stereocenters. The van der Waals surface area contributed by atoms with Gasteiger partial charge in [-0.05, 0) is 35.4 Å². The Morgan fingerprint density at radius 2 is 1.45 bits per heavy atom. The van der Waals surface area contributed by atoms with Gasteiger partial charge >= 0.3 is 0 Å². The zero-order chi connectivity index (χ0) is 23.3. The highest BCUT2D eigenvalue weighted by atomic mass is 32.2. The van der Waals surface area contributed by atoms with Crippen LogP contribution in [0.15, 0.2) is 102 Å². The van der Waals surface area contributed by atoms with Gasteiger partial charge in [-0.15, -0.1) is 10.2 Å². The molecule has 33 heavy (non-hydrogen) atoms. The molecular formula is C26H23N3O3S. The number of hydrogen-bond donors (Lipinski definition) is 1. The fraction of sp³-hybridized carbons (Fsp3) is 0.115. The smallest absolute Gasteiger partial charge is 0.236 e. The van der Waals surface area contributed by atoms with Crippen LogP contribution in [0.1, 0.15) is 24.0 Å². The largest absolute Gasteiger partial charge is 0.325 e. The molecule has 0 bridgehead atoms. The lowest BCUT2D eigenvalue weighted by molar-refractivity contribution is -0.116. The number of nitrogens with zero attached hydrogens (tertiary/aromatic N) is 2. The van der Waals surface area contributed by atoms with Crippen LogP contribution < -0.4 is 5.32 Å². The van der Waals surface area contributed by atoms with Crippen LogP contribution in [0.3, 0.4) is 0 Å². The van der Waals surface area contributed by atoms with E-state index in [1.165, 1.54) is 6.07 Å². The average Bonchev–Trinajstić information content (AvgIpc) is 2.86. The van der Waals surface area contributed by atoms with Crippen LogP contribution >= 0.6 is 0 Å². The molecule has 0 saturated carbocycles. The van der Waals surface area contributed by atoms with Crippen molar-refractivity contribution in [3.8, 4) is 11.3 Å². The molecule has 0 radical (unpaired) electrons. The summed E-state index contributed by atoms with van der Waals surface area (Å²) in [4.78, 5) is 13.3. The molecule has 0 saturated heterocycles. The van der Waals surface area contributed by atoms with Crippen molar-refractivity contribution in [1.82, 2.24) is 10.2 Å². The third-order valence-corrected chi connectivity index (χ3v) is 6.91. The Kier molecular flexibility index (Phi) is 6.60. The normalized spacial score (nSPS) is 11.3. The lowest BCUT2D eigenvalue weighted by Crippen LogP contribution is -2.22. The van der Waals surface area contributed by atoms with E-state index in [1.54, 1.807) is 25.1 Å². The second-order valence-electron chi connectivity index (χ2n) is 7.48. The molecule has 1 amide bonds. The molecule has 0 fully saturated rings. The van der Waals surface area contributed by atoms with Gasteiger partial charge in [-0.1, -0.05) is 79.7 Å². The third kappa shape index (κ3) is 5.15. The van der Waals surface area contributed by atoms with Crippen LogP contribution in [0.5, 0.6) is 0 Å². The molecule has 0 aliphatic rings. The van der Waals surface area contributed by atoms with Crippen molar-refractivity contribution in [1.29, 1.82) is 0 Å². The minimum absolute atomic E-state index is 0.0352. The van der Waals surface area contributed by atoms with Crippen molar-refractivity contribution in [3.63, 3.8) is 0 Å². The highest BCUT2D eigenvalue weighted by molar-refractivity contribution is 7.91. The second-order valence-corrected chi connectivity index (χ2v) is 9.71. The summed E-state index contributed by atoms with van der Waals surface area (Å²) in [5.41, 5.74) is 3.65. The predicted molar refractivity (Wildman–Crippen MR) is 129 cm³/mol. The Balaban J connectivity index is 1.60. The average molecular weight is 458 g/mol. The zero-order valence-corrected chi connectivity index (χ0v) is 18.9. The van der Waals surface area contributed by atoms with E-state index in [9.17, 15) is 13.2 Å². The Hall–Kier alpha value is -3.84. The molecule has 1 N–H and O–H groups in total. The number of aromatic nitrogens is 2. The first-order chi connectivity index (χ1) is 16.0. The van der Waals surface area contributed by atoms with Gasteiger partial charge in [0.1, 0.15) is 0 Å². The van der Waals surface area contributed by atoms with Gasteiger partial charge in [-0.2, -0.15) is 0 Å². The molecule has 3 aromatic carbocycles. The van der Waals surface area contributed by atoms with Crippen molar-refractivity contribution >= 4 is 21.4 Å². The Morgan fingerprint density at radius 1 is 0.818 bits per heavy atom. The molecule has 0 spiro atoms. The van der Waals surface area contributed by atoms with Gasteiger partial charge in [0.25, 0.3) is 0 Å². The van der Waals surface area contributed by atoms with Gasteiger partial charge in [0, 0.05) is 11.3 Å². The number of amides is 1. The molecule has 0 aliphatic carbocycles. The number of carbonyl (C=O) groups excluding carboxylic acids is 1. The summed E-state index contributed by atoms with van der Waals surface area (Å²) < 4.78 is 23.9. The van der Waals surface area contributed by atoms with Crippen LogP contribution in [0.4, 0.5) is 5.69 Å². The fourth-order valence-corrected chi connectivity index (χ4v) is 4.28. The first kappa shape index (κ1) is 22.4. The number of rotatable bonds is 7. The number of hydrogen-bond acceptors (Lipinski definition) is 5. The maximum atomic E-state index is 13.3. The number of sulfone groups is 1. The van der Waals surface area contributed by atoms with E-state index in [0.717, 1.165) is 16.7 Å². The number of anilines is 1. The van der Waals surface area contributed by atoms with Gasteiger partial charge in [0.05, 0.1) is 17.4 Å². The Bertz CT molecular complexity index is 1300. The van der Waals surface area contributed by atoms with E-state index in [-0.39, 0.29) is 16.7 Å². The Labute approximate surface area is 193 Å².